The van der Waals surface area contributed by atoms with Crippen LogP contribution >= 0.6 is 0 Å². The van der Waals surface area contributed by atoms with Crippen molar-refractivity contribution >= 4 is 27.2 Å². The molecule has 0 aromatic carbocycles. The van der Waals surface area contributed by atoms with E-state index >= 15 is 0 Å². The fourth-order valence-electron chi connectivity index (χ4n) is 7.43. The quantitative estimate of drug-likeness (QED) is 0.0550. The standard InChI is InChI=1S/C36H70O8S2/c1-4-5-6-7-8-13-18-23-28-33(44-45(38)39)36(3)31-26-21-16-12-15-20-25-30-35(2,34(36)37)29-24-19-14-10-9-11-17-22-27-32-43-46(40,41)42/h33,45H,4-32H2,1-3H3,(H,40,41,42). The summed E-state index contributed by atoms with van der Waals surface area (Å²) in [5.74, 6) is 0.222. The number of unbranched alkanes of at least 4 members (excludes halogenated alkanes) is 15. The molecule has 0 radical (unpaired) electrons. The van der Waals surface area contributed by atoms with E-state index in [1.54, 1.807) is 0 Å². The van der Waals surface area contributed by atoms with E-state index in [0.29, 0.717) is 19.3 Å². The molecule has 0 aromatic rings. The fourth-order valence-corrected chi connectivity index (χ4v) is 8.30. The van der Waals surface area contributed by atoms with Gasteiger partial charge in [0.2, 0.25) is 0 Å². The Balaban J connectivity index is 2.75. The number of hydrogen-bond acceptors (Lipinski definition) is 7. The van der Waals surface area contributed by atoms with Crippen molar-refractivity contribution < 1.29 is 34.5 Å². The molecule has 0 amide bonds. The van der Waals surface area contributed by atoms with Gasteiger partial charge in [0.15, 0.2) is 0 Å². The van der Waals surface area contributed by atoms with E-state index in [1.807, 2.05) is 6.92 Å². The second kappa shape index (κ2) is 25.4. The molecular formula is C36H70O8S2. The minimum absolute atomic E-state index is 0.0245. The van der Waals surface area contributed by atoms with Crippen LogP contribution in [0.4, 0.5) is 0 Å². The second-order valence-electron chi connectivity index (χ2n) is 14.5. The van der Waals surface area contributed by atoms with E-state index in [2.05, 4.69) is 18.0 Å². The largest absolute Gasteiger partial charge is 0.397 e. The van der Waals surface area contributed by atoms with Crippen LogP contribution in [0.5, 0.6) is 0 Å². The van der Waals surface area contributed by atoms with Crippen LogP contribution in [0.1, 0.15) is 201 Å². The Morgan fingerprint density at radius 3 is 1.67 bits per heavy atom. The number of carbonyl (C=O) groups is 1. The average Bonchev–Trinajstić information content (AvgIpc) is 2.99. The Bertz CT molecular complexity index is 959. The zero-order valence-corrected chi connectivity index (χ0v) is 31.5. The molecule has 1 saturated carbocycles. The van der Waals surface area contributed by atoms with E-state index in [-0.39, 0.29) is 12.4 Å². The van der Waals surface area contributed by atoms with Crippen molar-refractivity contribution in [2.75, 3.05) is 6.61 Å². The monoisotopic (exact) mass is 694 g/mol. The van der Waals surface area contributed by atoms with Crippen molar-refractivity contribution in [3.8, 4) is 0 Å². The molecule has 1 rings (SSSR count). The van der Waals surface area contributed by atoms with Gasteiger partial charge in [-0.05, 0) is 32.1 Å². The smallest absolute Gasteiger partial charge is 0.298 e. The minimum Gasteiger partial charge on any atom is -0.298 e. The van der Waals surface area contributed by atoms with Gasteiger partial charge in [0.05, 0.1) is 18.1 Å². The lowest BCUT2D eigenvalue weighted by Gasteiger charge is -2.42. The molecule has 8 nitrogen and oxygen atoms in total. The van der Waals surface area contributed by atoms with Crippen LogP contribution in [0.25, 0.3) is 0 Å². The van der Waals surface area contributed by atoms with Gasteiger partial charge in [0, 0.05) is 5.41 Å². The molecule has 1 aliphatic rings. The summed E-state index contributed by atoms with van der Waals surface area (Å²) in [6, 6.07) is 0. The summed E-state index contributed by atoms with van der Waals surface area (Å²) in [4.78, 5) is 14.7. The highest BCUT2D eigenvalue weighted by Crippen LogP contribution is 2.45. The molecule has 0 heterocycles. The van der Waals surface area contributed by atoms with Crippen molar-refractivity contribution in [2.24, 2.45) is 10.8 Å². The molecule has 1 fully saturated rings. The normalized spacial score (nSPS) is 22.8. The van der Waals surface area contributed by atoms with Crippen LogP contribution < -0.4 is 0 Å². The first kappa shape index (κ1) is 43.5. The van der Waals surface area contributed by atoms with E-state index in [9.17, 15) is 21.6 Å². The number of rotatable bonds is 25. The first-order chi connectivity index (χ1) is 21.9. The van der Waals surface area contributed by atoms with Crippen molar-refractivity contribution in [2.45, 2.75) is 207 Å². The van der Waals surface area contributed by atoms with Crippen molar-refractivity contribution in [1.82, 2.24) is 0 Å². The molecule has 3 unspecified atom stereocenters. The molecule has 0 spiro atoms. The highest BCUT2D eigenvalue weighted by Gasteiger charge is 2.49. The van der Waals surface area contributed by atoms with Gasteiger partial charge in [-0.25, -0.2) is 12.6 Å². The summed E-state index contributed by atoms with van der Waals surface area (Å²) in [7, 11) is -7.38. The van der Waals surface area contributed by atoms with Gasteiger partial charge in [-0.2, -0.15) is 8.42 Å². The SMILES string of the molecule is CCCCCCCCCCC(O[SH](=O)=O)C1(C)CCCCCCCCCC(C)(CCCCCCCCCCCOS(=O)(=O)O)C1=O. The van der Waals surface area contributed by atoms with E-state index in [0.717, 1.165) is 109 Å². The Morgan fingerprint density at radius 1 is 0.696 bits per heavy atom. The van der Waals surface area contributed by atoms with Crippen molar-refractivity contribution in [3.63, 3.8) is 0 Å². The maximum absolute atomic E-state index is 14.7. The van der Waals surface area contributed by atoms with Crippen LogP contribution in [-0.2, 0) is 34.5 Å². The minimum atomic E-state index is -4.34. The number of Topliss-reactive ketones (excluding diaryl/α,β-unsaturated/α-hetero) is 1. The molecule has 1 aliphatic carbocycles. The van der Waals surface area contributed by atoms with Gasteiger partial charge in [-0.3, -0.25) is 13.5 Å². The van der Waals surface area contributed by atoms with E-state index < -0.39 is 38.3 Å². The average molecular weight is 695 g/mol. The Morgan fingerprint density at radius 2 is 1.15 bits per heavy atom. The molecule has 0 bridgehead atoms. The third-order valence-electron chi connectivity index (χ3n) is 10.3. The van der Waals surface area contributed by atoms with Crippen LogP contribution in [0, 0.1) is 10.8 Å². The van der Waals surface area contributed by atoms with E-state index in [4.69, 9.17) is 8.74 Å². The summed E-state index contributed by atoms with van der Waals surface area (Å²) in [6.07, 6.45) is 28.6. The van der Waals surface area contributed by atoms with Gasteiger partial charge >= 0.3 is 10.4 Å². The summed E-state index contributed by atoms with van der Waals surface area (Å²) < 4.78 is 63.7. The Kier molecular flexibility index (Phi) is 24.0. The molecule has 0 aliphatic heterocycles. The van der Waals surface area contributed by atoms with E-state index in [1.165, 1.54) is 51.4 Å². The van der Waals surface area contributed by atoms with Gasteiger partial charge in [0.25, 0.3) is 11.0 Å². The van der Waals surface area contributed by atoms with Gasteiger partial charge in [-0.15, -0.1) is 0 Å². The summed E-state index contributed by atoms with van der Waals surface area (Å²) in [5, 5.41) is 0. The van der Waals surface area contributed by atoms with Crippen LogP contribution in [0.2, 0.25) is 0 Å². The molecular weight excluding hydrogens is 625 g/mol. The topological polar surface area (TPSA) is 124 Å². The predicted octanol–water partition coefficient (Wildman–Crippen LogP) is 10.3. The van der Waals surface area contributed by atoms with Gasteiger partial charge < -0.3 is 0 Å². The number of hydrogen-bond donors (Lipinski definition) is 2. The van der Waals surface area contributed by atoms with Crippen molar-refractivity contribution in [3.05, 3.63) is 0 Å². The Labute approximate surface area is 285 Å². The van der Waals surface area contributed by atoms with Crippen LogP contribution in [-0.4, -0.2) is 39.9 Å². The van der Waals surface area contributed by atoms with Crippen LogP contribution in [0.15, 0.2) is 0 Å². The summed E-state index contributed by atoms with van der Waals surface area (Å²) in [6.45, 7) is 6.41. The summed E-state index contributed by atoms with van der Waals surface area (Å²) in [5.41, 5.74) is -1.29. The zero-order valence-electron chi connectivity index (χ0n) is 29.7. The highest BCUT2D eigenvalue weighted by molar-refractivity contribution is 7.80. The van der Waals surface area contributed by atoms with Crippen LogP contribution in [0.3, 0.4) is 0 Å². The highest BCUT2D eigenvalue weighted by atomic mass is 32.3. The third kappa shape index (κ3) is 20.1. The molecule has 1 N–H and O–H groups in total. The first-order valence-electron chi connectivity index (χ1n) is 18.9. The predicted molar refractivity (Wildman–Crippen MR) is 189 cm³/mol. The molecule has 10 heteroatoms. The molecule has 0 aromatic heterocycles. The lowest BCUT2D eigenvalue weighted by atomic mass is 9.62. The summed E-state index contributed by atoms with van der Waals surface area (Å²) >= 11 is 0. The Hall–Kier alpha value is -0.550. The lowest BCUT2D eigenvalue weighted by Crippen LogP contribution is -2.48. The maximum Gasteiger partial charge on any atom is 0.397 e. The molecule has 274 valence electrons. The molecule has 46 heavy (non-hydrogen) atoms. The van der Waals surface area contributed by atoms with Crippen molar-refractivity contribution in [1.29, 1.82) is 0 Å². The lowest BCUT2D eigenvalue weighted by molar-refractivity contribution is -0.145. The third-order valence-corrected chi connectivity index (χ3v) is 11.2. The van der Waals surface area contributed by atoms with Gasteiger partial charge in [0.1, 0.15) is 5.78 Å². The molecule has 0 saturated heterocycles. The number of ketones is 1. The fraction of sp³-hybridized carbons (Fsp3) is 0.972. The zero-order chi connectivity index (χ0) is 34.2. The maximum atomic E-state index is 14.7. The number of thiol groups is 1. The molecule has 3 atom stereocenters. The first-order valence-corrected chi connectivity index (χ1v) is 21.4. The second-order valence-corrected chi connectivity index (χ2v) is 16.3. The number of carbonyl (C=O) groups excluding carboxylic acids is 1. The van der Waals surface area contributed by atoms with Gasteiger partial charge in [-0.1, -0.05) is 168 Å².